The van der Waals surface area contributed by atoms with Crippen LogP contribution >= 0.6 is 0 Å². The van der Waals surface area contributed by atoms with E-state index in [4.69, 9.17) is 0 Å². The molecule has 1 aromatic rings. The fraction of sp³-hybridized carbons (Fsp3) is 0.769. The molecular weight excluding hydrogens is 246 g/mol. The standard InChI is InChI=1S/C13H23N3O3/c1-8(2)15-10(7-11(17)13(4,5)6)12(16(18)19)9(3)14-15/h8,11,17H,7H2,1-6H3. The van der Waals surface area contributed by atoms with Gasteiger partial charge in [0.1, 0.15) is 11.4 Å². The summed E-state index contributed by atoms with van der Waals surface area (Å²) in [6.45, 7) is 11.2. The highest BCUT2D eigenvalue weighted by molar-refractivity contribution is 5.41. The molecule has 0 aliphatic heterocycles. The molecule has 108 valence electrons. The molecule has 1 rings (SSSR count). The van der Waals surface area contributed by atoms with Gasteiger partial charge in [0.2, 0.25) is 0 Å². The van der Waals surface area contributed by atoms with Crippen LogP contribution in [0.15, 0.2) is 0 Å². The summed E-state index contributed by atoms with van der Waals surface area (Å²) < 4.78 is 1.64. The van der Waals surface area contributed by atoms with Crippen LogP contribution in [0.1, 0.15) is 52.0 Å². The number of hydrogen-bond donors (Lipinski definition) is 1. The molecule has 0 aliphatic rings. The fourth-order valence-corrected chi connectivity index (χ4v) is 1.93. The normalized spacial score (nSPS) is 13.9. The molecule has 0 aromatic carbocycles. The van der Waals surface area contributed by atoms with Crippen molar-refractivity contribution in [2.24, 2.45) is 5.41 Å². The molecule has 1 atom stereocenters. The highest BCUT2D eigenvalue weighted by Crippen LogP contribution is 2.30. The quantitative estimate of drug-likeness (QED) is 0.673. The number of nitrogens with zero attached hydrogens (tertiary/aromatic N) is 3. The molecule has 1 heterocycles. The maximum Gasteiger partial charge on any atom is 0.313 e. The number of rotatable bonds is 4. The smallest absolute Gasteiger partial charge is 0.313 e. The SMILES string of the molecule is Cc1nn(C(C)C)c(CC(O)C(C)(C)C)c1[N+](=O)[O-]. The second-order valence-electron chi connectivity index (χ2n) is 6.26. The van der Waals surface area contributed by atoms with E-state index in [9.17, 15) is 15.2 Å². The van der Waals surface area contributed by atoms with Gasteiger partial charge in [0.15, 0.2) is 0 Å². The summed E-state index contributed by atoms with van der Waals surface area (Å²) in [6, 6.07) is 0.0227. The van der Waals surface area contributed by atoms with Gasteiger partial charge >= 0.3 is 5.69 Å². The number of aliphatic hydroxyl groups is 1. The first kappa shape index (κ1) is 15.6. The molecular formula is C13H23N3O3. The van der Waals surface area contributed by atoms with E-state index < -0.39 is 11.0 Å². The third kappa shape index (κ3) is 3.32. The Bertz CT molecular complexity index is 472. The summed E-state index contributed by atoms with van der Waals surface area (Å²) in [6.07, 6.45) is -0.418. The summed E-state index contributed by atoms with van der Waals surface area (Å²) in [4.78, 5) is 10.8. The Kier molecular flexibility index (Phi) is 4.35. The molecule has 0 saturated carbocycles. The monoisotopic (exact) mass is 269 g/mol. The Balaban J connectivity index is 3.27. The van der Waals surface area contributed by atoms with Crippen molar-refractivity contribution in [2.75, 3.05) is 0 Å². The summed E-state index contributed by atoms with van der Waals surface area (Å²) in [7, 11) is 0. The predicted octanol–water partition coefficient (Wildman–Crippen LogP) is 2.63. The average molecular weight is 269 g/mol. The molecule has 6 heteroatoms. The number of hydrogen-bond acceptors (Lipinski definition) is 4. The highest BCUT2D eigenvalue weighted by atomic mass is 16.6. The van der Waals surface area contributed by atoms with Crippen molar-refractivity contribution in [3.8, 4) is 0 Å². The molecule has 0 spiro atoms. The zero-order valence-corrected chi connectivity index (χ0v) is 12.5. The van der Waals surface area contributed by atoms with Crippen molar-refractivity contribution >= 4 is 5.69 Å². The van der Waals surface area contributed by atoms with E-state index in [0.29, 0.717) is 11.4 Å². The first-order valence-corrected chi connectivity index (χ1v) is 6.46. The van der Waals surface area contributed by atoms with Gasteiger partial charge in [0.25, 0.3) is 0 Å². The second-order valence-corrected chi connectivity index (χ2v) is 6.26. The van der Waals surface area contributed by atoms with E-state index in [1.165, 1.54) is 0 Å². The Morgan fingerprint density at radius 3 is 2.32 bits per heavy atom. The van der Waals surface area contributed by atoms with Gasteiger partial charge in [-0.25, -0.2) is 0 Å². The molecule has 1 N–H and O–H groups in total. The van der Waals surface area contributed by atoms with Gasteiger partial charge in [-0.15, -0.1) is 0 Å². The molecule has 0 radical (unpaired) electrons. The van der Waals surface area contributed by atoms with Crippen LogP contribution in [0.25, 0.3) is 0 Å². The average Bonchev–Trinajstić information content (AvgIpc) is 2.53. The van der Waals surface area contributed by atoms with Crippen molar-refractivity contribution in [3.05, 3.63) is 21.5 Å². The van der Waals surface area contributed by atoms with Gasteiger partial charge in [0.05, 0.1) is 11.0 Å². The van der Waals surface area contributed by atoms with Gasteiger partial charge in [-0.1, -0.05) is 20.8 Å². The summed E-state index contributed by atoms with van der Waals surface area (Å²) >= 11 is 0. The lowest BCUT2D eigenvalue weighted by atomic mass is 9.86. The Labute approximate surface area is 113 Å². The molecule has 0 saturated heterocycles. The van der Waals surface area contributed by atoms with Crippen molar-refractivity contribution in [1.82, 2.24) is 9.78 Å². The maximum atomic E-state index is 11.2. The zero-order valence-electron chi connectivity index (χ0n) is 12.5. The van der Waals surface area contributed by atoms with Crippen LogP contribution in [-0.4, -0.2) is 25.9 Å². The Morgan fingerprint density at radius 1 is 1.42 bits per heavy atom. The third-order valence-corrected chi connectivity index (χ3v) is 3.21. The number of nitro groups is 1. The van der Waals surface area contributed by atoms with E-state index in [-0.39, 0.29) is 23.6 Å². The van der Waals surface area contributed by atoms with Crippen molar-refractivity contribution in [2.45, 2.75) is 60.1 Å². The number of aryl methyl sites for hydroxylation is 1. The molecule has 1 unspecified atom stereocenters. The van der Waals surface area contributed by atoms with Gasteiger partial charge in [-0.3, -0.25) is 14.8 Å². The molecule has 0 bridgehead atoms. The van der Waals surface area contributed by atoms with E-state index in [1.54, 1.807) is 11.6 Å². The highest BCUT2D eigenvalue weighted by Gasteiger charge is 2.31. The van der Waals surface area contributed by atoms with Gasteiger partial charge < -0.3 is 5.11 Å². The van der Waals surface area contributed by atoms with Crippen LogP contribution in [0.4, 0.5) is 5.69 Å². The molecule has 0 aliphatic carbocycles. The van der Waals surface area contributed by atoms with Gasteiger partial charge in [0, 0.05) is 12.5 Å². The van der Waals surface area contributed by atoms with E-state index >= 15 is 0 Å². The molecule has 0 amide bonds. The summed E-state index contributed by atoms with van der Waals surface area (Å²) in [5.41, 5.74) is 0.597. The van der Waals surface area contributed by atoms with Crippen LogP contribution < -0.4 is 0 Å². The van der Waals surface area contributed by atoms with Crippen molar-refractivity contribution < 1.29 is 10.0 Å². The van der Waals surface area contributed by atoms with Crippen LogP contribution in [0.5, 0.6) is 0 Å². The van der Waals surface area contributed by atoms with Crippen LogP contribution in [0.3, 0.4) is 0 Å². The minimum atomic E-state index is -0.653. The maximum absolute atomic E-state index is 11.2. The Hall–Kier alpha value is -1.43. The number of aromatic nitrogens is 2. The van der Waals surface area contributed by atoms with Crippen LogP contribution in [0, 0.1) is 22.5 Å². The van der Waals surface area contributed by atoms with Crippen molar-refractivity contribution in [1.29, 1.82) is 0 Å². The lowest BCUT2D eigenvalue weighted by Gasteiger charge is -2.26. The molecule has 1 aromatic heterocycles. The molecule has 6 nitrogen and oxygen atoms in total. The van der Waals surface area contributed by atoms with Crippen LogP contribution in [0.2, 0.25) is 0 Å². The van der Waals surface area contributed by atoms with Gasteiger partial charge in [-0.05, 0) is 26.2 Å². The first-order chi connectivity index (χ1) is 8.55. The fourth-order valence-electron chi connectivity index (χ4n) is 1.93. The number of aliphatic hydroxyl groups excluding tert-OH is 1. The minimum absolute atomic E-state index is 0.0227. The first-order valence-electron chi connectivity index (χ1n) is 6.46. The van der Waals surface area contributed by atoms with Crippen LogP contribution in [-0.2, 0) is 6.42 Å². The van der Waals surface area contributed by atoms with Crippen molar-refractivity contribution in [3.63, 3.8) is 0 Å². The predicted molar refractivity (Wildman–Crippen MR) is 73.2 cm³/mol. The van der Waals surface area contributed by atoms with E-state index in [1.807, 2.05) is 34.6 Å². The van der Waals surface area contributed by atoms with E-state index in [0.717, 1.165) is 0 Å². The van der Waals surface area contributed by atoms with E-state index in [2.05, 4.69) is 5.10 Å². The lowest BCUT2D eigenvalue weighted by molar-refractivity contribution is -0.386. The topological polar surface area (TPSA) is 81.2 Å². The summed E-state index contributed by atoms with van der Waals surface area (Å²) in [5.74, 6) is 0. The zero-order chi connectivity index (χ0) is 15.0. The van der Waals surface area contributed by atoms with Gasteiger partial charge in [-0.2, -0.15) is 5.10 Å². The largest absolute Gasteiger partial charge is 0.392 e. The summed E-state index contributed by atoms with van der Waals surface area (Å²) in [5, 5.41) is 25.6. The Morgan fingerprint density at radius 2 is 1.95 bits per heavy atom. The third-order valence-electron chi connectivity index (χ3n) is 3.21. The molecule has 19 heavy (non-hydrogen) atoms. The minimum Gasteiger partial charge on any atom is -0.392 e. The lowest BCUT2D eigenvalue weighted by Crippen LogP contribution is -2.29. The second kappa shape index (κ2) is 5.28. The molecule has 0 fully saturated rings.